The van der Waals surface area contributed by atoms with Gasteiger partial charge in [-0.1, -0.05) is 53.0 Å². The number of ether oxygens (including phenoxy) is 3. The number of hydrogen-bond donors (Lipinski definition) is 1. The molecular weight excluding hydrogens is 519 g/mol. The quantitative estimate of drug-likeness (QED) is 0.311. The van der Waals surface area contributed by atoms with Crippen molar-refractivity contribution in [1.82, 2.24) is 5.32 Å². The van der Waals surface area contributed by atoms with Crippen LogP contribution in [0.5, 0.6) is 17.2 Å². The van der Waals surface area contributed by atoms with E-state index in [0.717, 1.165) is 16.0 Å². The fraction of sp³-hybridized carbons (Fsp3) is 0.148. The van der Waals surface area contributed by atoms with E-state index in [-0.39, 0.29) is 34.4 Å². The first kappa shape index (κ1) is 26.1. The van der Waals surface area contributed by atoms with Gasteiger partial charge in [0.05, 0.1) is 24.9 Å². The van der Waals surface area contributed by atoms with E-state index in [9.17, 15) is 14.4 Å². The summed E-state index contributed by atoms with van der Waals surface area (Å²) >= 11 is 12.4. The summed E-state index contributed by atoms with van der Waals surface area (Å²) in [7, 11) is 2.75. The Morgan fingerprint density at radius 1 is 0.892 bits per heavy atom. The highest BCUT2D eigenvalue weighted by Crippen LogP contribution is 2.39. The van der Waals surface area contributed by atoms with E-state index >= 15 is 0 Å². The first-order valence-electron chi connectivity index (χ1n) is 11.0. The molecule has 1 N–H and O–H groups in total. The number of carbonyl (C=O) groups excluding carboxylic acids is 3. The highest BCUT2D eigenvalue weighted by molar-refractivity contribution is 6.40. The first-order chi connectivity index (χ1) is 17.7. The van der Waals surface area contributed by atoms with Gasteiger partial charge in [-0.2, -0.15) is 0 Å². The van der Waals surface area contributed by atoms with Crippen molar-refractivity contribution < 1.29 is 28.6 Å². The van der Waals surface area contributed by atoms with Crippen LogP contribution < -0.4 is 24.4 Å². The molecule has 0 aliphatic carbocycles. The van der Waals surface area contributed by atoms with E-state index in [0.29, 0.717) is 16.3 Å². The van der Waals surface area contributed by atoms with Gasteiger partial charge in [-0.25, -0.2) is 9.69 Å². The predicted molar refractivity (Wildman–Crippen MR) is 141 cm³/mol. The number of halogens is 2. The first-order valence-corrected chi connectivity index (χ1v) is 11.8. The summed E-state index contributed by atoms with van der Waals surface area (Å²) in [4.78, 5) is 39.7. The predicted octanol–water partition coefficient (Wildman–Crippen LogP) is 5.56. The number of barbiturate groups is 1. The zero-order valence-electron chi connectivity index (χ0n) is 20.1. The van der Waals surface area contributed by atoms with Gasteiger partial charge in [-0.3, -0.25) is 14.9 Å². The lowest BCUT2D eigenvalue weighted by Gasteiger charge is -2.28. The molecule has 10 heteroatoms. The summed E-state index contributed by atoms with van der Waals surface area (Å²) in [5, 5.41) is 2.77. The van der Waals surface area contributed by atoms with Crippen molar-refractivity contribution in [3.05, 3.63) is 86.9 Å². The van der Waals surface area contributed by atoms with Crippen LogP contribution in [0.25, 0.3) is 6.08 Å². The summed E-state index contributed by atoms with van der Waals surface area (Å²) in [5.41, 5.74) is 2.18. The Kier molecular flexibility index (Phi) is 7.71. The molecule has 3 aromatic rings. The van der Waals surface area contributed by atoms with Crippen LogP contribution in [-0.2, 0) is 16.2 Å². The highest BCUT2D eigenvalue weighted by Gasteiger charge is 2.39. The lowest BCUT2D eigenvalue weighted by molar-refractivity contribution is -0.122. The van der Waals surface area contributed by atoms with Gasteiger partial charge in [0.15, 0.2) is 0 Å². The summed E-state index contributed by atoms with van der Waals surface area (Å²) in [6.07, 6.45) is 1.33. The molecule has 0 radical (unpaired) electrons. The second-order valence-corrected chi connectivity index (χ2v) is 8.92. The van der Waals surface area contributed by atoms with Gasteiger partial charge in [0.2, 0.25) is 0 Å². The lowest BCUT2D eigenvalue weighted by atomic mass is 10.1. The maximum Gasteiger partial charge on any atom is 0.336 e. The lowest BCUT2D eigenvalue weighted by Crippen LogP contribution is -2.54. The van der Waals surface area contributed by atoms with Crippen molar-refractivity contribution in [1.29, 1.82) is 0 Å². The van der Waals surface area contributed by atoms with Crippen LogP contribution in [0.3, 0.4) is 0 Å². The Balaban J connectivity index is 1.72. The molecule has 0 aromatic heterocycles. The molecule has 0 atom stereocenters. The number of anilines is 1. The van der Waals surface area contributed by atoms with Crippen LogP contribution in [-0.4, -0.2) is 32.1 Å². The Morgan fingerprint density at radius 3 is 2.27 bits per heavy atom. The summed E-state index contributed by atoms with van der Waals surface area (Å²) < 4.78 is 16.5. The molecule has 0 saturated carbocycles. The number of imide groups is 2. The van der Waals surface area contributed by atoms with E-state index in [2.05, 4.69) is 5.32 Å². The third-order valence-electron chi connectivity index (χ3n) is 5.58. The fourth-order valence-electron chi connectivity index (χ4n) is 3.66. The van der Waals surface area contributed by atoms with E-state index in [1.165, 1.54) is 32.4 Å². The minimum Gasteiger partial charge on any atom is -0.495 e. The number of nitrogens with zero attached hydrogens (tertiary/aromatic N) is 1. The van der Waals surface area contributed by atoms with Crippen LogP contribution in [0, 0.1) is 6.92 Å². The Bertz CT molecular complexity index is 1420. The van der Waals surface area contributed by atoms with Crippen molar-refractivity contribution in [2.24, 2.45) is 0 Å². The molecule has 1 fully saturated rings. The van der Waals surface area contributed by atoms with Gasteiger partial charge in [-0.05, 0) is 36.8 Å². The Labute approximate surface area is 223 Å². The van der Waals surface area contributed by atoms with Crippen LogP contribution in [0.2, 0.25) is 10.0 Å². The van der Waals surface area contributed by atoms with Gasteiger partial charge in [-0.15, -0.1) is 0 Å². The molecule has 0 bridgehead atoms. The molecule has 8 nitrogen and oxygen atoms in total. The molecule has 1 aliphatic rings. The normalized spacial score (nSPS) is 14.6. The summed E-state index contributed by atoms with van der Waals surface area (Å²) in [6, 6.07) is 14.5. The average Bonchev–Trinajstić information content (AvgIpc) is 2.87. The largest absolute Gasteiger partial charge is 0.495 e. The van der Waals surface area contributed by atoms with Crippen molar-refractivity contribution in [2.45, 2.75) is 13.5 Å². The number of amides is 4. The van der Waals surface area contributed by atoms with Crippen molar-refractivity contribution in [3.63, 3.8) is 0 Å². The minimum atomic E-state index is -0.947. The maximum absolute atomic E-state index is 13.5. The smallest absolute Gasteiger partial charge is 0.336 e. The van der Waals surface area contributed by atoms with Gasteiger partial charge in [0, 0.05) is 22.7 Å². The number of carbonyl (C=O) groups is 3. The number of methoxy groups -OCH3 is 2. The molecular formula is C27H22Cl2N2O6. The summed E-state index contributed by atoms with van der Waals surface area (Å²) in [6.45, 7) is 2.24. The second kappa shape index (κ2) is 10.9. The minimum absolute atomic E-state index is 0.0478. The highest BCUT2D eigenvalue weighted by atomic mass is 35.5. The van der Waals surface area contributed by atoms with Crippen molar-refractivity contribution in [3.8, 4) is 17.2 Å². The van der Waals surface area contributed by atoms with E-state index in [1.807, 2.05) is 31.2 Å². The van der Waals surface area contributed by atoms with Gasteiger partial charge in [0.1, 0.15) is 29.4 Å². The van der Waals surface area contributed by atoms with Gasteiger partial charge < -0.3 is 14.2 Å². The van der Waals surface area contributed by atoms with Crippen molar-refractivity contribution >= 4 is 52.8 Å². The average molecular weight is 541 g/mol. The third kappa shape index (κ3) is 5.55. The molecule has 1 aliphatic heterocycles. The van der Waals surface area contributed by atoms with E-state index in [1.54, 1.807) is 18.2 Å². The van der Waals surface area contributed by atoms with Gasteiger partial charge in [0.25, 0.3) is 11.8 Å². The monoisotopic (exact) mass is 540 g/mol. The molecule has 4 amide bonds. The number of hydrogen-bond acceptors (Lipinski definition) is 6. The molecule has 190 valence electrons. The molecule has 1 heterocycles. The molecule has 0 spiro atoms. The zero-order chi connectivity index (χ0) is 26.7. The number of aryl methyl sites for hydroxylation is 1. The standard InChI is InChI=1S/C27H22Cl2N2O6/c1-15-4-6-16(7-5-15)14-37-22-9-8-18(28)10-17(22)11-19-25(32)30-27(34)31(26(19)33)21-13-23(35-2)20(29)12-24(21)36-3/h4-13H,14H2,1-3H3,(H,30,32,34)/b19-11+. The van der Waals surface area contributed by atoms with E-state index in [4.69, 9.17) is 37.4 Å². The Morgan fingerprint density at radius 2 is 1.59 bits per heavy atom. The molecule has 0 unspecified atom stereocenters. The second-order valence-electron chi connectivity index (χ2n) is 8.07. The number of urea groups is 1. The Hall–Kier alpha value is -4.01. The van der Waals surface area contributed by atoms with Crippen LogP contribution in [0.1, 0.15) is 16.7 Å². The van der Waals surface area contributed by atoms with Gasteiger partial charge >= 0.3 is 6.03 Å². The number of nitrogens with one attached hydrogen (secondary N) is 1. The van der Waals surface area contributed by atoms with E-state index < -0.39 is 17.8 Å². The fourth-order valence-corrected chi connectivity index (χ4v) is 4.07. The molecule has 37 heavy (non-hydrogen) atoms. The third-order valence-corrected chi connectivity index (χ3v) is 6.11. The molecule has 4 rings (SSSR count). The zero-order valence-corrected chi connectivity index (χ0v) is 21.6. The topological polar surface area (TPSA) is 94.2 Å². The SMILES string of the molecule is COc1cc(N2C(=O)NC(=O)/C(=C\c3cc(Cl)ccc3OCc3ccc(C)cc3)C2=O)c(OC)cc1Cl. The van der Waals surface area contributed by atoms with Crippen molar-refractivity contribution in [2.75, 3.05) is 19.1 Å². The van der Waals surface area contributed by atoms with Crippen LogP contribution in [0.15, 0.2) is 60.2 Å². The number of rotatable bonds is 7. The molecule has 3 aromatic carbocycles. The maximum atomic E-state index is 13.5. The van der Waals surface area contributed by atoms with Crippen LogP contribution in [0.4, 0.5) is 10.5 Å². The number of benzene rings is 3. The van der Waals surface area contributed by atoms with Crippen LogP contribution >= 0.6 is 23.2 Å². The molecule has 1 saturated heterocycles. The summed E-state index contributed by atoms with van der Waals surface area (Å²) in [5.74, 6) is -1.00.